The number of allylic oxidation sites excluding steroid dienone is 1. The van der Waals surface area contributed by atoms with Crippen LogP contribution in [-0.4, -0.2) is 26.6 Å². The van der Waals surface area contributed by atoms with Crippen LogP contribution in [-0.2, 0) is 9.47 Å². The van der Waals surface area contributed by atoms with Gasteiger partial charge in [-0.15, -0.1) is 0 Å². The van der Waals surface area contributed by atoms with Crippen molar-refractivity contribution in [1.82, 2.24) is 5.32 Å². The van der Waals surface area contributed by atoms with E-state index in [1.54, 1.807) is 0 Å². The molecule has 1 heterocycles. The summed E-state index contributed by atoms with van der Waals surface area (Å²) in [6.07, 6.45) is 8.12. The molecule has 0 spiro atoms. The van der Waals surface area contributed by atoms with Gasteiger partial charge in [0.1, 0.15) is 0 Å². The van der Waals surface area contributed by atoms with Gasteiger partial charge in [-0.3, -0.25) is 0 Å². The van der Waals surface area contributed by atoms with Gasteiger partial charge >= 0.3 is 0 Å². The van der Waals surface area contributed by atoms with E-state index in [0.29, 0.717) is 6.61 Å². The molecular formula is C12H21NO2. The standard InChI is InChI=1S/C12H21NO2/c1-11(6-8-13-2)7-10-15-12-5-3-4-9-14-12/h6,8,12-13H,1,3-5,7,9-10H2,2H3/b8-6-. The van der Waals surface area contributed by atoms with Gasteiger partial charge in [0.25, 0.3) is 0 Å². The van der Waals surface area contributed by atoms with Crippen LogP contribution in [0.15, 0.2) is 24.4 Å². The first-order chi connectivity index (χ1) is 7.33. The van der Waals surface area contributed by atoms with Gasteiger partial charge in [0.2, 0.25) is 0 Å². The van der Waals surface area contributed by atoms with Crippen molar-refractivity contribution in [2.24, 2.45) is 0 Å². The summed E-state index contributed by atoms with van der Waals surface area (Å²) in [5, 5.41) is 2.93. The molecule has 1 saturated heterocycles. The third kappa shape index (κ3) is 5.60. The normalized spacial score (nSPS) is 21.8. The fraction of sp³-hybridized carbons (Fsp3) is 0.667. The van der Waals surface area contributed by atoms with Gasteiger partial charge in [0.15, 0.2) is 6.29 Å². The summed E-state index contributed by atoms with van der Waals surface area (Å²) < 4.78 is 11.1. The molecule has 1 unspecified atom stereocenters. The molecule has 0 aliphatic carbocycles. The monoisotopic (exact) mass is 211 g/mol. The molecule has 1 fully saturated rings. The zero-order valence-electron chi connectivity index (χ0n) is 9.50. The molecule has 86 valence electrons. The summed E-state index contributed by atoms with van der Waals surface area (Å²) in [6.45, 7) is 5.46. The second kappa shape index (κ2) is 7.49. The van der Waals surface area contributed by atoms with E-state index >= 15 is 0 Å². The average Bonchev–Trinajstić information content (AvgIpc) is 2.28. The molecular weight excluding hydrogens is 190 g/mol. The smallest absolute Gasteiger partial charge is 0.157 e. The van der Waals surface area contributed by atoms with E-state index < -0.39 is 0 Å². The van der Waals surface area contributed by atoms with Gasteiger partial charge in [0, 0.05) is 13.7 Å². The minimum atomic E-state index is 0.0137. The largest absolute Gasteiger partial charge is 0.394 e. The Morgan fingerprint density at radius 3 is 3.13 bits per heavy atom. The summed E-state index contributed by atoms with van der Waals surface area (Å²) in [4.78, 5) is 0. The molecule has 1 atom stereocenters. The molecule has 1 rings (SSSR count). The fourth-order valence-corrected chi connectivity index (χ4v) is 1.45. The Morgan fingerprint density at radius 2 is 2.47 bits per heavy atom. The molecule has 0 aromatic rings. The van der Waals surface area contributed by atoms with E-state index in [2.05, 4.69) is 11.9 Å². The van der Waals surface area contributed by atoms with Crippen molar-refractivity contribution in [2.75, 3.05) is 20.3 Å². The van der Waals surface area contributed by atoms with Gasteiger partial charge in [0.05, 0.1) is 6.61 Å². The minimum absolute atomic E-state index is 0.0137. The Bertz CT molecular complexity index is 208. The Kier molecular flexibility index (Phi) is 6.12. The van der Waals surface area contributed by atoms with Crippen molar-refractivity contribution >= 4 is 0 Å². The van der Waals surface area contributed by atoms with Gasteiger partial charge < -0.3 is 14.8 Å². The highest BCUT2D eigenvalue weighted by Gasteiger charge is 2.13. The summed E-state index contributed by atoms with van der Waals surface area (Å²) in [5.74, 6) is 0. The molecule has 0 aromatic heterocycles. The predicted octanol–water partition coefficient (Wildman–Crippen LogP) is 2.21. The first-order valence-electron chi connectivity index (χ1n) is 5.57. The average molecular weight is 211 g/mol. The summed E-state index contributed by atoms with van der Waals surface area (Å²) in [6, 6.07) is 0. The lowest BCUT2D eigenvalue weighted by atomic mass is 10.2. The second-order valence-electron chi connectivity index (χ2n) is 3.70. The number of ether oxygens (including phenoxy) is 2. The van der Waals surface area contributed by atoms with E-state index in [4.69, 9.17) is 9.47 Å². The topological polar surface area (TPSA) is 30.5 Å². The summed E-state index contributed by atoms with van der Waals surface area (Å²) >= 11 is 0. The molecule has 15 heavy (non-hydrogen) atoms. The highest BCUT2D eigenvalue weighted by atomic mass is 16.7. The first-order valence-corrected chi connectivity index (χ1v) is 5.57. The van der Waals surface area contributed by atoms with Crippen LogP contribution in [0.25, 0.3) is 0 Å². The zero-order chi connectivity index (χ0) is 10.9. The van der Waals surface area contributed by atoms with Crippen molar-refractivity contribution in [3.63, 3.8) is 0 Å². The molecule has 1 aliphatic heterocycles. The van der Waals surface area contributed by atoms with Crippen LogP contribution < -0.4 is 5.32 Å². The summed E-state index contributed by atoms with van der Waals surface area (Å²) in [7, 11) is 1.87. The molecule has 1 aliphatic rings. The van der Waals surface area contributed by atoms with Crippen molar-refractivity contribution in [3.05, 3.63) is 24.4 Å². The van der Waals surface area contributed by atoms with Crippen LogP contribution in [0.5, 0.6) is 0 Å². The van der Waals surface area contributed by atoms with Gasteiger partial charge in [-0.1, -0.05) is 12.2 Å². The Labute approximate surface area is 92.1 Å². The van der Waals surface area contributed by atoms with Crippen molar-refractivity contribution in [2.45, 2.75) is 32.0 Å². The zero-order valence-corrected chi connectivity index (χ0v) is 9.50. The molecule has 1 N–H and O–H groups in total. The fourth-order valence-electron chi connectivity index (χ4n) is 1.45. The van der Waals surface area contributed by atoms with E-state index in [0.717, 1.165) is 31.4 Å². The van der Waals surface area contributed by atoms with E-state index in [1.807, 2.05) is 19.3 Å². The maximum Gasteiger partial charge on any atom is 0.157 e. The highest BCUT2D eigenvalue weighted by Crippen LogP contribution is 2.14. The molecule has 3 nitrogen and oxygen atoms in total. The van der Waals surface area contributed by atoms with Crippen molar-refractivity contribution < 1.29 is 9.47 Å². The minimum Gasteiger partial charge on any atom is -0.394 e. The number of hydrogen-bond acceptors (Lipinski definition) is 3. The van der Waals surface area contributed by atoms with Crippen LogP contribution in [0.3, 0.4) is 0 Å². The van der Waals surface area contributed by atoms with Crippen molar-refractivity contribution in [1.29, 1.82) is 0 Å². The van der Waals surface area contributed by atoms with E-state index in [1.165, 1.54) is 6.42 Å². The maximum atomic E-state index is 5.60. The second-order valence-corrected chi connectivity index (χ2v) is 3.70. The third-order valence-corrected chi connectivity index (χ3v) is 2.35. The summed E-state index contributed by atoms with van der Waals surface area (Å²) in [5.41, 5.74) is 1.07. The molecule has 0 amide bonds. The third-order valence-electron chi connectivity index (χ3n) is 2.35. The van der Waals surface area contributed by atoms with Gasteiger partial charge in [-0.25, -0.2) is 0 Å². The molecule has 0 saturated carbocycles. The van der Waals surface area contributed by atoms with Crippen LogP contribution in [0.2, 0.25) is 0 Å². The quantitative estimate of drug-likeness (QED) is 0.683. The lowest BCUT2D eigenvalue weighted by Gasteiger charge is -2.22. The predicted molar refractivity (Wildman–Crippen MR) is 61.5 cm³/mol. The number of hydrogen-bond donors (Lipinski definition) is 1. The first kappa shape index (κ1) is 12.3. The maximum absolute atomic E-state index is 5.60. The molecule has 3 heteroatoms. The van der Waals surface area contributed by atoms with E-state index in [-0.39, 0.29) is 6.29 Å². The van der Waals surface area contributed by atoms with Crippen LogP contribution in [0, 0.1) is 0 Å². The van der Waals surface area contributed by atoms with Gasteiger partial charge in [-0.05, 0) is 38.0 Å². The van der Waals surface area contributed by atoms with Crippen LogP contribution >= 0.6 is 0 Å². The van der Waals surface area contributed by atoms with Crippen LogP contribution in [0.4, 0.5) is 0 Å². The Balaban J connectivity index is 2.04. The van der Waals surface area contributed by atoms with E-state index in [9.17, 15) is 0 Å². The number of nitrogens with one attached hydrogen (secondary N) is 1. The molecule has 0 radical (unpaired) electrons. The number of rotatable bonds is 6. The van der Waals surface area contributed by atoms with Gasteiger partial charge in [-0.2, -0.15) is 0 Å². The SMILES string of the molecule is C=C(/C=C\NC)CCOC1CCCCO1. The van der Waals surface area contributed by atoms with Crippen molar-refractivity contribution in [3.8, 4) is 0 Å². The van der Waals surface area contributed by atoms with Crippen LogP contribution in [0.1, 0.15) is 25.7 Å². The Hall–Kier alpha value is -0.800. The molecule has 0 bridgehead atoms. The lowest BCUT2D eigenvalue weighted by Crippen LogP contribution is -2.22. The lowest BCUT2D eigenvalue weighted by molar-refractivity contribution is -0.161. The molecule has 0 aromatic carbocycles. The highest BCUT2D eigenvalue weighted by molar-refractivity contribution is 5.13. The Morgan fingerprint density at radius 1 is 1.60 bits per heavy atom.